The Morgan fingerprint density at radius 3 is 2.62 bits per heavy atom. The van der Waals surface area contributed by atoms with Crippen LogP contribution in [0.5, 0.6) is 0 Å². The van der Waals surface area contributed by atoms with Gasteiger partial charge in [-0.2, -0.15) is 0 Å². The summed E-state index contributed by atoms with van der Waals surface area (Å²) in [6.45, 7) is 2.59. The number of aliphatic hydroxyl groups is 1. The highest BCUT2D eigenvalue weighted by atomic mass is 16.5. The standard InChI is InChI=1S/C20H28N2O4/c1-14(23)21-17-9-7-16(8-10-17)20(25)18-12-26-13-19(24)22(18)11-15-5-3-2-4-6-15/h7-10,15,18,20,25H,2-6,11-13H2,1H3,(H,21,23)/t18-,20-/m1/s1. The van der Waals surface area contributed by atoms with E-state index in [0.717, 1.165) is 18.4 Å². The number of aliphatic hydroxyl groups excluding tert-OH is 1. The average Bonchev–Trinajstić information content (AvgIpc) is 2.64. The molecule has 1 aromatic rings. The summed E-state index contributed by atoms with van der Waals surface area (Å²) in [6, 6.07) is 6.72. The first-order valence-electron chi connectivity index (χ1n) is 9.47. The molecule has 0 radical (unpaired) electrons. The van der Waals surface area contributed by atoms with Crippen molar-refractivity contribution in [1.82, 2.24) is 4.90 Å². The molecule has 2 amide bonds. The van der Waals surface area contributed by atoms with Crippen molar-refractivity contribution >= 4 is 17.5 Å². The van der Waals surface area contributed by atoms with Crippen LogP contribution in [0.2, 0.25) is 0 Å². The van der Waals surface area contributed by atoms with E-state index in [1.165, 1.54) is 26.2 Å². The minimum atomic E-state index is -0.811. The summed E-state index contributed by atoms with van der Waals surface area (Å²) in [4.78, 5) is 25.4. The van der Waals surface area contributed by atoms with Gasteiger partial charge in [0.25, 0.3) is 0 Å². The van der Waals surface area contributed by atoms with Crippen LogP contribution in [0.3, 0.4) is 0 Å². The lowest BCUT2D eigenvalue weighted by Gasteiger charge is -2.40. The Labute approximate surface area is 154 Å². The van der Waals surface area contributed by atoms with Gasteiger partial charge >= 0.3 is 0 Å². The zero-order valence-electron chi connectivity index (χ0n) is 15.3. The van der Waals surface area contributed by atoms with Crippen LogP contribution >= 0.6 is 0 Å². The van der Waals surface area contributed by atoms with Gasteiger partial charge < -0.3 is 20.1 Å². The van der Waals surface area contributed by atoms with Gasteiger partial charge in [0, 0.05) is 19.2 Å². The van der Waals surface area contributed by atoms with Gasteiger partial charge in [0.15, 0.2) is 0 Å². The molecule has 2 atom stereocenters. The van der Waals surface area contributed by atoms with E-state index in [4.69, 9.17) is 4.74 Å². The molecule has 6 nitrogen and oxygen atoms in total. The molecule has 2 N–H and O–H groups in total. The van der Waals surface area contributed by atoms with Gasteiger partial charge in [0.1, 0.15) is 12.7 Å². The first-order valence-corrected chi connectivity index (χ1v) is 9.47. The van der Waals surface area contributed by atoms with Crippen LogP contribution in [0.15, 0.2) is 24.3 Å². The molecule has 1 aromatic carbocycles. The van der Waals surface area contributed by atoms with Crippen molar-refractivity contribution in [3.63, 3.8) is 0 Å². The van der Waals surface area contributed by atoms with Crippen LogP contribution in [-0.2, 0) is 14.3 Å². The van der Waals surface area contributed by atoms with Crippen molar-refractivity contribution in [2.45, 2.75) is 51.2 Å². The quantitative estimate of drug-likeness (QED) is 0.846. The number of amides is 2. The summed E-state index contributed by atoms with van der Waals surface area (Å²) in [5, 5.41) is 13.6. The summed E-state index contributed by atoms with van der Waals surface area (Å²) >= 11 is 0. The number of hydrogen-bond donors (Lipinski definition) is 2. The lowest BCUT2D eigenvalue weighted by atomic mass is 9.88. The molecule has 142 valence electrons. The van der Waals surface area contributed by atoms with Crippen molar-refractivity contribution < 1.29 is 19.4 Å². The summed E-state index contributed by atoms with van der Waals surface area (Å²) in [5.41, 5.74) is 1.40. The van der Waals surface area contributed by atoms with Gasteiger partial charge in [-0.15, -0.1) is 0 Å². The highest BCUT2D eigenvalue weighted by Gasteiger charge is 2.36. The fourth-order valence-electron chi connectivity index (χ4n) is 3.96. The smallest absolute Gasteiger partial charge is 0.249 e. The number of nitrogens with one attached hydrogen (secondary N) is 1. The Hall–Kier alpha value is -1.92. The van der Waals surface area contributed by atoms with E-state index in [1.807, 2.05) is 4.90 Å². The van der Waals surface area contributed by atoms with Crippen molar-refractivity contribution in [3.05, 3.63) is 29.8 Å². The Morgan fingerprint density at radius 1 is 1.27 bits per heavy atom. The second-order valence-electron chi connectivity index (χ2n) is 7.38. The molecule has 1 saturated heterocycles. The van der Waals surface area contributed by atoms with Crippen molar-refractivity contribution in [1.29, 1.82) is 0 Å². The molecule has 2 aliphatic rings. The maximum Gasteiger partial charge on any atom is 0.249 e. The number of rotatable bonds is 5. The monoisotopic (exact) mass is 360 g/mol. The van der Waals surface area contributed by atoms with Crippen LogP contribution in [0, 0.1) is 5.92 Å². The van der Waals surface area contributed by atoms with E-state index >= 15 is 0 Å². The van der Waals surface area contributed by atoms with Crippen molar-refractivity contribution in [3.8, 4) is 0 Å². The number of nitrogens with zero attached hydrogens (tertiary/aromatic N) is 1. The normalized spacial score (nSPS) is 22.9. The molecule has 6 heteroatoms. The number of benzene rings is 1. The molecule has 0 aromatic heterocycles. The van der Waals surface area contributed by atoms with Crippen LogP contribution < -0.4 is 5.32 Å². The molecule has 1 aliphatic carbocycles. The Morgan fingerprint density at radius 2 is 1.96 bits per heavy atom. The molecule has 1 saturated carbocycles. The average molecular weight is 360 g/mol. The number of ether oxygens (including phenoxy) is 1. The highest BCUT2D eigenvalue weighted by Crippen LogP contribution is 2.29. The van der Waals surface area contributed by atoms with Gasteiger partial charge in [-0.25, -0.2) is 0 Å². The molecular formula is C20H28N2O4. The largest absolute Gasteiger partial charge is 0.386 e. The van der Waals surface area contributed by atoms with Crippen LogP contribution in [0.1, 0.15) is 50.7 Å². The fraction of sp³-hybridized carbons (Fsp3) is 0.600. The van der Waals surface area contributed by atoms with Gasteiger partial charge in [-0.1, -0.05) is 31.4 Å². The van der Waals surface area contributed by atoms with Crippen LogP contribution in [0.25, 0.3) is 0 Å². The van der Waals surface area contributed by atoms with E-state index in [9.17, 15) is 14.7 Å². The number of hydrogen-bond acceptors (Lipinski definition) is 4. The van der Waals surface area contributed by atoms with Gasteiger partial charge in [-0.05, 0) is 36.5 Å². The molecule has 0 unspecified atom stereocenters. The molecule has 3 rings (SSSR count). The maximum atomic E-state index is 12.4. The minimum absolute atomic E-state index is 0.0410. The SMILES string of the molecule is CC(=O)Nc1ccc([C@@H](O)[C@H]2COCC(=O)N2CC2CCCCC2)cc1. The zero-order chi connectivity index (χ0) is 18.5. The molecule has 0 spiro atoms. The van der Waals surface area contributed by atoms with Crippen molar-refractivity contribution in [2.75, 3.05) is 25.1 Å². The minimum Gasteiger partial charge on any atom is -0.386 e. The second kappa shape index (κ2) is 8.64. The molecule has 0 bridgehead atoms. The Balaban J connectivity index is 1.71. The maximum absolute atomic E-state index is 12.4. The summed E-state index contributed by atoms with van der Waals surface area (Å²) < 4.78 is 5.42. The summed E-state index contributed by atoms with van der Waals surface area (Å²) in [6.07, 6.45) is 5.22. The van der Waals surface area contributed by atoms with Crippen molar-refractivity contribution in [2.24, 2.45) is 5.92 Å². The van der Waals surface area contributed by atoms with Gasteiger partial charge in [0.05, 0.1) is 12.6 Å². The number of carbonyl (C=O) groups is 2. The first kappa shape index (κ1) is 18.9. The van der Waals surface area contributed by atoms with E-state index < -0.39 is 6.10 Å². The number of morpholine rings is 1. The first-order chi connectivity index (χ1) is 12.5. The van der Waals surface area contributed by atoms with E-state index in [1.54, 1.807) is 24.3 Å². The topological polar surface area (TPSA) is 78.9 Å². The number of anilines is 1. The fourth-order valence-corrected chi connectivity index (χ4v) is 3.96. The highest BCUT2D eigenvalue weighted by molar-refractivity contribution is 5.88. The second-order valence-corrected chi connectivity index (χ2v) is 7.38. The molecule has 26 heavy (non-hydrogen) atoms. The van der Waals surface area contributed by atoms with E-state index in [2.05, 4.69) is 5.32 Å². The zero-order valence-corrected chi connectivity index (χ0v) is 15.3. The third-order valence-electron chi connectivity index (χ3n) is 5.35. The number of carbonyl (C=O) groups excluding carboxylic acids is 2. The lowest BCUT2D eigenvalue weighted by molar-refractivity contribution is -0.155. The lowest BCUT2D eigenvalue weighted by Crippen LogP contribution is -2.53. The summed E-state index contributed by atoms with van der Waals surface area (Å²) in [5.74, 6) is 0.339. The predicted octanol–water partition coefficient (Wildman–Crippen LogP) is 2.49. The molecule has 1 heterocycles. The third kappa shape index (κ3) is 4.62. The molecule has 2 fully saturated rings. The van der Waals surface area contributed by atoms with E-state index in [0.29, 0.717) is 24.8 Å². The Kier molecular flexibility index (Phi) is 6.27. The van der Waals surface area contributed by atoms with Crippen LogP contribution in [0.4, 0.5) is 5.69 Å². The van der Waals surface area contributed by atoms with Crippen LogP contribution in [-0.4, -0.2) is 47.6 Å². The van der Waals surface area contributed by atoms with Gasteiger partial charge in [0.2, 0.25) is 11.8 Å². The summed E-state index contributed by atoms with van der Waals surface area (Å²) in [7, 11) is 0. The predicted molar refractivity (Wildman–Crippen MR) is 98.6 cm³/mol. The van der Waals surface area contributed by atoms with E-state index in [-0.39, 0.29) is 24.5 Å². The molecular weight excluding hydrogens is 332 g/mol. The Bertz CT molecular complexity index is 625. The molecule has 1 aliphatic heterocycles. The van der Waals surface area contributed by atoms with Gasteiger partial charge in [-0.3, -0.25) is 9.59 Å². The third-order valence-corrected chi connectivity index (χ3v) is 5.35.